The van der Waals surface area contributed by atoms with Crippen LogP contribution in [0.1, 0.15) is 27.2 Å². The predicted octanol–water partition coefficient (Wildman–Crippen LogP) is 0.938. The molecule has 0 radical (unpaired) electrons. The summed E-state index contributed by atoms with van der Waals surface area (Å²) in [5.41, 5.74) is 0.0779. The van der Waals surface area contributed by atoms with Crippen LogP contribution in [0.15, 0.2) is 0 Å². The van der Waals surface area contributed by atoms with Crippen molar-refractivity contribution >= 4 is 5.91 Å². The van der Waals surface area contributed by atoms with Gasteiger partial charge < -0.3 is 10.1 Å². The lowest BCUT2D eigenvalue weighted by molar-refractivity contribution is -0.122. The summed E-state index contributed by atoms with van der Waals surface area (Å²) in [7, 11) is 0. The maximum Gasteiger partial charge on any atom is 0.220 e. The summed E-state index contributed by atoms with van der Waals surface area (Å²) < 4.78 is 4.97. The number of epoxide rings is 1. The summed E-state index contributed by atoms with van der Waals surface area (Å²) in [6, 6.07) is 0. The van der Waals surface area contributed by atoms with E-state index in [1.807, 2.05) is 0 Å². The molecule has 1 saturated heterocycles. The third-order valence-corrected chi connectivity index (χ3v) is 1.62. The molecule has 1 rings (SSSR count). The maximum absolute atomic E-state index is 11.2. The Hall–Kier alpha value is -0.570. The highest BCUT2D eigenvalue weighted by Crippen LogP contribution is 2.17. The second kappa shape index (κ2) is 3.44. The van der Waals surface area contributed by atoms with Crippen molar-refractivity contribution in [2.75, 3.05) is 13.2 Å². The van der Waals surface area contributed by atoms with Gasteiger partial charge in [-0.15, -0.1) is 0 Å². The van der Waals surface area contributed by atoms with Crippen LogP contribution in [-0.4, -0.2) is 25.2 Å². The Kier molecular flexibility index (Phi) is 2.73. The second-order valence-electron chi connectivity index (χ2n) is 4.50. The Bertz CT molecular complexity index is 168. The first-order chi connectivity index (χ1) is 5.47. The first-order valence-corrected chi connectivity index (χ1v) is 4.36. The average Bonchev–Trinajstić information content (AvgIpc) is 2.61. The number of ether oxygens (including phenoxy) is 1. The quantitative estimate of drug-likeness (QED) is 0.642. The molecule has 1 fully saturated rings. The molecular weight excluding hydrogens is 154 g/mol. The molecule has 1 amide bonds. The Balaban J connectivity index is 2.10. The van der Waals surface area contributed by atoms with Crippen LogP contribution in [0.2, 0.25) is 0 Å². The molecule has 0 aromatic heterocycles. The first-order valence-electron chi connectivity index (χ1n) is 4.36. The summed E-state index contributed by atoms with van der Waals surface area (Å²) in [6.45, 7) is 7.64. The van der Waals surface area contributed by atoms with E-state index in [1.165, 1.54) is 0 Å². The van der Waals surface area contributed by atoms with Gasteiger partial charge in [0.25, 0.3) is 0 Å². The van der Waals surface area contributed by atoms with Gasteiger partial charge in [0.2, 0.25) is 5.91 Å². The number of hydrogen-bond donors (Lipinski definition) is 1. The minimum atomic E-state index is 0.0779. The van der Waals surface area contributed by atoms with E-state index in [0.717, 1.165) is 6.61 Å². The standard InChI is InChI=1S/C9H17NO2/c1-9(2,3)4-8(11)10-5-7-6-12-7/h7H,4-6H2,1-3H3,(H,10,11)/t7-/m1/s1. The molecule has 0 aliphatic carbocycles. The second-order valence-corrected chi connectivity index (χ2v) is 4.50. The summed E-state index contributed by atoms with van der Waals surface area (Å²) in [5, 5.41) is 2.84. The zero-order valence-corrected chi connectivity index (χ0v) is 8.02. The minimum Gasteiger partial charge on any atom is -0.371 e. The van der Waals surface area contributed by atoms with E-state index < -0.39 is 0 Å². The number of hydrogen-bond acceptors (Lipinski definition) is 2. The molecule has 0 unspecified atom stereocenters. The summed E-state index contributed by atoms with van der Waals surface area (Å²) in [5.74, 6) is 0.123. The van der Waals surface area contributed by atoms with Gasteiger partial charge in [0.15, 0.2) is 0 Å². The molecule has 12 heavy (non-hydrogen) atoms. The molecular formula is C9H17NO2. The van der Waals surface area contributed by atoms with Crippen molar-refractivity contribution < 1.29 is 9.53 Å². The monoisotopic (exact) mass is 171 g/mol. The van der Waals surface area contributed by atoms with Gasteiger partial charge in [0, 0.05) is 13.0 Å². The smallest absolute Gasteiger partial charge is 0.220 e. The number of amides is 1. The van der Waals surface area contributed by atoms with Crippen molar-refractivity contribution in [2.45, 2.75) is 33.3 Å². The van der Waals surface area contributed by atoms with Gasteiger partial charge in [-0.05, 0) is 5.41 Å². The topological polar surface area (TPSA) is 41.6 Å². The Labute approximate surface area is 73.5 Å². The van der Waals surface area contributed by atoms with Crippen LogP contribution in [0.3, 0.4) is 0 Å². The zero-order valence-electron chi connectivity index (χ0n) is 8.02. The first kappa shape index (κ1) is 9.52. The van der Waals surface area contributed by atoms with Crippen molar-refractivity contribution in [3.05, 3.63) is 0 Å². The van der Waals surface area contributed by atoms with E-state index in [9.17, 15) is 4.79 Å². The fraction of sp³-hybridized carbons (Fsp3) is 0.889. The maximum atomic E-state index is 11.2. The molecule has 70 valence electrons. The van der Waals surface area contributed by atoms with E-state index in [2.05, 4.69) is 26.1 Å². The molecule has 1 atom stereocenters. The van der Waals surface area contributed by atoms with E-state index in [-0.39, 0.29) is 17.4 Å². The fourth-order valence-corrected chi connectivity index (χ4v) is 0.958. The molecule has 1 heterocycles. The lowest BCUT2D eigenvalue weighted by Gasteiger charge is -2.16. The molecule has 1 aliphatic rings. The molecule has 0 aromatic carbocycles. The van der Waals surface area contributed by atoms with Crippen molar-refractivity contribution in [3.63, 3.8) is 0 Å². The molecule has 0 spiro atoms. The van der Waals surface area contributed by atoms with Gasteiger partial charge in [0.1, 0.15) is 0 Å². The van der Waals surface area contributed by atoms with E-state index in [4.69, 9.17) is 4.74 Å². The highest BCUT2D eigenvalue weighted by atomic mass is 16.6. The average molecular weight is 171 g/mol. The van der Waals surface area contributed by atoms with Crippen molar-refractivity contribution in [1.29, 1.82) is 0 Å². The third-order valence-electron chi connectivity index (χ3n) is 1.62. The van der Waals surface area contributed by atoms with Crippen molar-refractivity contribution in [1.82, 2.24) is 5.32 Å². The van der Waals surface area contributed by atoms with Gasteiger partial charge >= 0.3 is 0 Å². The van der Waals surface area contributed by atoms with Gasteiger partial charge in [0.05, 0.1) is 12.7 Å². The molecule has 3 nitrogen and oxygen atoms in total. The molecule has 0 aromatic rings. The van der Waals surface area contributed by atoms with Crippen LogP contribution in [0.25, 0.3) is 0 Å². The Morgan fingerprint density at radius 1 is 1.58 bits per heavy atom. The van der Waals surface area contributed by atoms with Gasteiger partial charge in [-0.3, -0.25) is 4.79 Å². The van der Waals surface area contributed by atoms with Gasteiger partial charge in [-0.2, -0.15) is 0 Å². The minimum absolute atomic E-state index is 0.0779. The molecule has 0 saturated carbocycles. The number of carbonyl (C=O) groups is 1. The van der Waals surface area contributed by atoms with Crippen LogP contribution in [0.5, 0.6) is 0 Å². The van der Waals surface area contributed by atoms with Crippen molar-refractivity contribution in [3.8, 4) is 0 Å². The number of rotatable bonds is 3. The van der Waals surface area contributed by atoms with Crippen LogP contribution >= 0.6 is 0 Å². The Morgan fingerprint density at radius 3 is 2.58 bits per heavy atom. The van der Waals surface area contributed by atoms with Crippen LogP contribution in [-0.2, 0) is 9.53 Å². The van der Waals surface area contributed by atoms with Gasteiger partial charge in [-0.1, -0.05) is 20.8 Å². The Morgan fingerprint density at radius 2 is 2.17 bits per heavy atom. The SMILES string of the molecule is CC(C)(C)CC(=O)NC[C@@H]1CO1. The third kappa shape index (κ3) is 4.34. The van der Waals surface area contributed by atoms with Crippen LogP contribution in [0.4, 0.5) is 0 Å². The van der Waals surface area contributed by atoms with Crippen molar-refractivity contribution in [2.24, 2.45) is 5.41 Å². The summed E-state index contributed by atoms with van der Waals surface area (Å²) in [6.07, 6.45) is 0.869. The van der Waals surface area contributed by atoms with E-state index in [0.29, 0.717) is 13.0 Å². The molecule has 3 heteroatoms. The van der Waals surface area contributed by atoms with Gasteiger partial charge in [-0.25, -0.2) is 0 Å². The predicted molar refractivity (Wildman–Crippen MR) is 46.8 cm³/mol. The normalized spacial score (nSPS) is 22.1. The highest BCUT2D eigenvalue weighted by molar-refractivity contribution is 5.76. The molecule has 0 bridgehead atoms. The van der Waals surface area contributed by atoms with Crippen LogP contribution in [0, 0.1) is 5.41 Å². The van der Waals surface area contributed by atoms with E-state index in [1.54, 1.807) is 0 Å². The molecule has 1 N–H and O–H groups in total. The number of carbonyl (C=O) groups excluding carboxylic acids is 1. The van der Waals surface area contributed by atoms with Crippen LogP contribution < -0.4 is 5.32 Å². The largest absolute Gasteiger partial charge is 0.371 e. The summed E-state index contributed by atoms with van der Waals surface area (Å²) in [4.78, 5) is 11.2. The lowest BCUT2D eigenvalue weighted by atomic mass is 9.92. The highest BCUT2D eigenvalue weighted by Gasteiger charge is 2.23. The lowest BCUT2D eigenvalue weighted by Crippen LogP contribution is -2.30. The number of nitrogens with one attached hydrogen (secondary N) is 1. The summed E-state index contributed by atoms with van der Waals surface area (Å²) >= 11 is 0. The molecule has 1 aliphatic heterocycles. The zero-order chi connectivity index (χ0) is 9.19. The fourth-order valence-electron chi connectivity index (χ4n) is 0.958. The van der Waals surface area contributed by atoms with E-state index >= 15 is 0 Å².